The first-order valence-corrected chi connectivity index (χ1v) is 12.2. The van der Waals surface area contributed by atoms with Gasteiger partial charge in [-0.2, -0.15) is 17.2 Å². The summed E-state index contributed by atoms with van der Waals surface area (Å²) in [6.07, 6.45) is 1.17. The Morgan fingerprint density at radius 2 is 1.54 bits per heavy atom. The molecule has 0 saturated carbocycles. The first kappa shape index (κ1) is 26.7. The summed E-state index contributed by atoms with van der Waals surface area (Å²) in [4.78, 5) is 10.0. The van der Waals surface area contributed by atoms with Gasteiger partial charge >= 0.3 is 10.2 Å². The van der Waals surface area contributed by atoms with Gasteiger partial charge in [0.05, 0.1) is 11.1 Å². The summed E-state index contributed by atoms with van der Waals surface area (Å²) in [6, 6.07) is 19.6. The molecular formula is C27H25N2O4PtS-. The molecule has 184 valence electrons. The summed E-state index contributed by atoms with van der Waals surface area (Å²) in [5.74, 6) is -0.0625. The maximum absolute atomic E-state index is 12.2. The maximum atomic E-state index is 12.2. The predicted molar refractivity (Wildman–Crippen MR) is 135 cm³/mol. The molecular weight excluding hydrogens is 643 g/mol. The van der Waals surface area contributed by atoms with Gasteiger partial charge in [0.2, 0.25) is 0 Å². The van der Waals surface area contributed by atoms with Gasteiger partial charge in [0, 0.05) is 32.5 Å². The Balaban J connectivity index is 0.000000378. The van der Waals surface area contributed by atoms with Crippen LogP contribution in [0.5, 0.6) is 0 Å². The van der Waals surface area contributed by atoms with E-state index < -0.39 is 10.2 Å². The molecule has 0 unspecified atom stereocenters. The van der Waals surface area contributed by atoms with E-state index in [2.05, 4.69) is 59.9 Å². The van der Waals surface area contributed by atoms with Crippen LogP contribution in [0.4, 0.5) is 0 Å². The molecule has 0 amide bonds. The molecule has 0 atom stereocenters. The molecule has 0 spiro atoms. The molecule has 35 heavy (non-hydrogen) atoms. The van der Waals surface area contributed by atoms with E-state index in [-0.39, 0.29) is 38.0 Å². The van der Waals surface area contributed by atoms with Gasteiger partial charge in [-0.1, -0.05) is 62.6 Å². The number of benzene rings is 4. The Kier molecular flexibility index (Phi) is 7.35. The molecule has 4 aromatic carbocycles. The van der Waals surface area contributed by atoms with E-state index in [4.69, 9.17) is 5.11 Å². The average Bonchev–Trinajstić information content (AvgIpc) is 3.07. The van der Waals surface area contributed by atoms with Crippen LogP contribution in [0.25, 0.3) is 32.3 Å². The van der Waals surface area contributed by atoms with Crippen molar-refractivity contribution in [3.63, 3.8) is 0 Å². The predicted octanol–water partition coefficient (Wildman–Crippen LogP) is 4.78. The van der Waals surface area contributed by atoms with Gasteiger partial charge in [0.15, 0.2) is 5.78 Å². The van der Waals surface area contributed by atoms with Crippen molar-refractivity contribution in [2.45, 2.75) is 40.0 Å². The smallest absolute Gasteiger partial charge is 0.354 e. The van der Waals surface area contributed by atoms with Crippen LogP contribution in [0.15, 0.2) is 69.2 Å². The van der Waals surface area contributed by atoms with Crippen molar-refractivity contribution in [3.05, 3.63) is 82.7 Å². The quantitative estimate of drug-likeness (QED) is 0.137. The molecule has 0 aliphatic carbocycles. The van der Waals surface area contributed by atoms with Crippen LogP contribution < -0.4 is 10.7 Å². The topological polar surface area (TPSA) is 96.2 Å². The third-order valence-electron chi connectivity index (χ3n) is 5.49. The van der Waals surface area contributed by atoms with Crippen LogP contribution in [0.1, 0.15) is 40.2 Å². The monoisotopic (exact) mass is 668 g/mol. The fourth-order valence-electron chi connectivity index (χ4n) is 4.06. The second kappa shape index (κ2) is 9.63. The van der Waals surface area contributed by atoms with E-state index in [0.29, 0.717) is 16.1 Å². The first-order valence-electron chi connectivity index (χ1n) is 10.8. The van der Waals surface area contributed by atoms with Crippen molar-refractivity contribution in [1.29, 1.82) is 0 Å². The van der Waals surface area contributed by atoms with E-state index in [0.717, 1.165) is 32.5 Å². The number of nitrogens with zero attached hydrogens (tertiary/aromatic N) is 2. The van der Waals surface area contributed by atoms with Crippen LogP contribution in [-0.4, -0.2) is 19.3 Å². The third-order valence-corrected chi connectivity index (χ3v) is 6.32. The SMILES string of the molecule is CC(=O)/C=C(/C)O.CC(C)(C)c1[c-]c2c3c(c4ccc5ccccc5c4c2cc1)=NS(=O)(=O)N=3.[Pt]. The van der Waals surface area contributed by atoms with E-state index in [1.54, 1.807) is 0 Å². The molecule has 1 heterocycles. The van der Waals surface area contributed by atoms with E-state index in [1.165, 1.54) is 19.9 Å². The van der Waals surface area contributed by atoms with Gasteiger partial charge in [0.1, 0.15) is 0 Å². The second-order valence-corrected chi connectivity index (χ2v) is 10.6. The van der Waals surface area contributed by atoms with Crippen molar-refractivity contribution < 1.29 is 39.4 Å². The number of carbonyl (C=O) groups is 1. The number of ketones is 1. The first-order chi connectivity index (χ1) is 15.9. The van der Waals surface area contributed by atoms with Crippen LogP contribution >= 0.6 is 0 Å². The molecule has 4 aromatic rings. The van der Waals surface area contributed by atoms with Gasteiger partial charge in [-0.15, -0.1) is 29.1 Å². The van der Waals surface area contributed by atoms with Crippen molar-refractivity contribution >= 4 is 48.3 Å². The van der Waals surface area contributed by atoms with Gasteiger partial charge in [-0.25, -0.2) is 0 Å². The minimum atomic E-state index is -3.86. The standard InChI is InChI=1S/C22H17N2O2S.C5H8O2.Pt/c1-22(2,3)14-9-11-16-18(12-14)21-20(23-27(25,26)24-21)17-10-8-13-6-4-5-7-15(13)19(16)17;1-4(6)3-5(2)7;/h4-11H,1-3H3;3,6H,1-2H3;/q-1;;/b;4-3-;. The van der Waals surface area contributed by atoms with Crippen molar-refractivity contribution in [2.75, 3.05) is 0 Å². The van der Waals surface area contributed by atoms with E-state index >= 15 is 0 Å². The second-order valence-electron chi connectivity index (χ2n) is 9.34. The number of carbonyl (C=O) groups excluding carboxylic acids is 1. The van der Waals surface area contributed by atoms with Crippen molar-refractivity contribution in [1.82, 2.24) is 0 Å². The molecule has 0 bridgehead atoms. The number of rotatable bonds is 1. The van der Waals surface area contributed by atoms with Crippen LogP contribution in [0, 0.1) is 6.07 Å². The van der Waals surface area contributed by atoms with Crippen LogP contribution in [0.3, 0.4) is 0 Å². The Morgan fingerprint density at radius 1 is 0.914 bits per heavy atom. The Hall–Kier alpha value is -2.89. The zero-order valence-electron chi connectivity index (χ0n) is 20.0. The van der Waals surface area contributed by atoms with Gasteiger partial charge < -0.3 is 5.11 Å². The Morgan fingerprint density at radius 3 is 2.14 bits per heavy atom. The zero-order chi connectivity index (χ0) is 24.8. The molecule has 5 rings (SSSR count). The van der Waals surface area contributed by atoms with Gasteiger partial charge in [-0.05, 0) is 40.8 Å². The molecule has 0 saturated heterocycles. The molecule has 6 nitrogen and oxygen atoms in total. The largest absolute Gasteiger partial charge is 0.512 e. The van der Waals surface area contributed by atoms with E-state index in [1.807, 2.05) is 24.3 Å². The van der Waals surface area contributed by atoms with Crippen LogP contribution in [0.2, 0.25) is 0 Å². The molecule has 1 aliphatic heterocycles. The summed E-state index contributed by atoms with van der Waals surface area (Å²) in [5, 5.41) is 14.8. The summed E-state index contributed by atoms with van der Waals surface area (Å²) in [5.41, 5.74) is 0.903. The average molecular weight is 669 g/mol. The molecule has 8 heteroatoms. The zero-order valence-corrected chi connectivity index (χ0v) is 23.1. The van der Waals surface area contributed by atoms with Crippen molar-refractivity contribution in [3.8, 4) is 0 Å². The summed E-state index contributed by atoms with van der Waals surface area (Å²) in [6.45, 7) is 9.18. The fraction of sp³-hybridized carbons (Fsp3) is 0.222. The van der Waals surface area contributed by atoms with Crippen LogP contribution in [-0.2, 0) is 41.5 Å². The fourth-order valence-corrected chi connectivity index (χ4v) is 4.92. The Bertz CT molecular complexity index is 1750. The number of hydrogen-bond acceptors (Lipinski definition) is 4. The normalized spacial score (nSPS) is 14.4. The van der Waals surface area contributed by atoms with Crippen molar-refractivity contribution in [2.24, 2.45) is 8.80 Å². The molecule has 1 aliphatic rings. The number of fused-ring (bicyclic) bond motifs is 8. The number of hydrogen-bond donors (Lipinski definition) is 1. The molecule has 0 aromatic heterocycles. The number of aliphatic hydroxyl groups is 1. The maximum Gasteiger partial charge on any atom is 0.354 e. The van der Waals surface area contributed by atoms with E-state index in [9.17, 15) is 13.2 Å². The third kappa shape index (κ3) is 5.36. The molecule has 1 N–H and O–H groups in total. The summed E-state index contributed by atoms with van der Waals surface area (Å²) in [7, 11) is -3.86. The summed E-state index contributed by atoms with van der Waals surface area (Å²) < 4.78 is 32.2. The number of allylic oxidation sites excluding steroid dienone is 2. The Labute approximate surface area is 218 Å². The van der Waals surface area contributed by atoms with Gasteiger partial charge in [-0.3, -0.25) is 4.79 Å². The minimum absolute atomic E-state index is 0. The molecule has 0 radical (unpaired) electrons. The molecule has 0 fully saturated rings. The summed E-state index contributed by atoms with van der Waals surface area (Å²) >= 11 is 0. The minimum Gasteiger partial charge on any atom is -0.512 e. The van der Waals surface area contributed by atoms with Gasteiger partial charge in [0.25, 0.3) is 0 Å². The number of aliphatic hydroxyl groups excluding tert-OH is 1.